The van der Waals surface area contributed by atoms with Gasteiger partial charge in [0, 0.05) is 18.2 Å². The van der Waals surface area contributed by atoms with Crippen molar-refractivity contribution in [3.63, 3.8) is 0 Å². The van der Waals surface area contributed by atoms with Crippen LogP contribution in [0.2, 0.25) is 0 Å². The quantitative estimate of drug-likeness (QED) is 0.692. The molecule has 0 unspecified atom stereocenters. The SMILES string of the molecule is CCCCCN(Cc1ccc(C#N)cc1F)C(C)C. The number of halogens is 1. The van der Waals surface area contributed by atoms with Crippen molar-refractivity contribution in [1.29, 1.82) is 5.26 Å². The van der Waals surface area contributed by atoms with E-state index in [4.69, 9.17) is 5.26 Å². The summed E-state index contributed by atoms with van der Waals surface area (Å²) in [6.07, 6.45) is 3.54. The minimum atomic E-state index is -0.278. The van der Waals surface area contributed by atoms with Crippen molar-refractivity contribution < 1.29 is 4.39 Å². The molecule has 0 aliphatic rings. The maximum absolute atomic E-state index is 13.9. The first-order valence-electron chi connectivity index (χ1n) is 7.01. The van der Waals surface area contributed by atoms with E-state index >= 15 is 0 Å². The fourth-order valence-corrected chi connectivity index (χ4v) is 2.05. The van der Waals surface area contributed by atoms with Crippen LogP contribution in [-0.4, -0.2) is 17.5 Å². The van der Waals surface area contributed by atoms with Crippen molar-refractivity contribution >= 4 is 0 Å². The van der Waals surface area contributed by atoms with Gasteiger partial charge in [0.2, 0.25) is 0 Å². The summed E-state index contributed by atoms with van der Waals surface area (Å²) in [4.78, 5) is 2.28. The van der Waals surface area contributed by atoms with Crippen molar-refractivity contribution in [2.45, 2.75) is 52.6 Å². The number of rotatable bonds is 7. The minimum Gasteiger partial charge on any atom is -0.297 e. The Bertz CT molecular complexity index is 435. The van der Waals surface area contributed by atoms with Gasteiger partial charge in [0.1, 0.15) is 5.82 Å². The first-order chi connectivity index (χ1) is 9.08. The van der Waals surface area contributed by atoms with Crippen molar-refractivity contribution in [3.05, 3.63) is 35.1 Å². The van der Waals surface area contributed by atoms with Crippen LogP contribution in [0.1, 0.15) is 51.2 Å². The highest BCUT2D eigenvalue weighted by atomic mass is 19.1. The third kappa shape index (κ3) is 5.00. The van der Waals surface area contributed by atoms with E-state index in [0.29, 0.717) is 23.7 Å². The first kappa shape index (κ1) is 15.7. The van der Waals surface area contributed by atoms with E-state index in [9.17, 15) is 4.39 Å². The normalized spacial score (nSPS) is 11.0. The third-order valence-electron chi connectivity index (χ3n) is 3.33. The third-order valence-corrected chi connectivity index (χ3v) is 3.33. The highest BCUT2D eigenvalue weighted by Crippen LogP contribution is 2.15. The maximum Gasteiger partial charge on any atom is 0.129 e. The Morgan fingerprint density at radius 3 is 2.58 bits per heavy atom. The number of hydrogen-bond donors (Lipinski definition) is 0. The minimum absolute atomic E-state index is 0.278. The molecule has 0 N–H and O–H groups in total. The second kappa shape index (κ2) is 7.91. The molecule has 0 heterocycles. The summed E-state index contributed by atoms with van der Waals surface area (Å²) in [5, 5.41) is 8.74. The lowest BCUT2D eigenvalue weighted by atomic mass is 10.1. The molecule has 1 aromatic rings. The molecule has 1 rings (SSSR count). The van der Waals surface area contributed by atoms with Gasteiger partial charge in [0.05, 0.1) is 11.6 Å². The molecule has 0 saturated carbocycles. The fraction of sp³-hybridized carbons (Fsp3) is 0.562. The fourth-order valence-electron chi connectivity index (χ4n) is 2.05. The molecule has 0 atom stereocenters. The molecular weight excluding hydrogens is 239 g/mol. The molecule has 0 radical (unpaired) electrons. The molecule has 0 spiro atoms. The van der Waals surface area contributed by atoms with Gasteiger partial charge in [-0.1, -0.05) is 25.8 Å². The summed E-state index contributed by atoms with van der Waals surface area (Å²) in [6, 6.07) is 7.08. The number of unbranched alkanes of at least 4 members (excludes halogenated alkanes) is 2. The molecule has 0 aromatic heterocycles. The van der Waals surface area contributed by atoms with Crippen LogP contribution in [0.15, 0.2) is 18.2 Å². The Kier molecular flexibility index (Phi) is 6.52. The zero-order valence-electron chi connectivity index (χ0n) is 12.1. The van der Waals surface area contributed by atoms with E-state index in [1.807, 2.05) is 6.07 Å². The van der Waals surface area contributed by atoms with Crippen LogP contribution in [0.4, 0.5) is 4.39 Å². The second-order valence-corrected chi connectivity index (χ2v) is 5.19. The van der Waals surface area contributed by atoms with Crippen LogP contribution in [-0.2, 0) is 6.54 Å². The van der Waals surface area contributed by atoms with E-state index in [-0.39, 0.29) is 5.82 Å². The summed E-state index contributed by atoms with van der Waals surface area (Å²) < 4.78 is 13.9. The predicted octanol–water partition coefficient (Wildman–Crippen LogP) is 4.10. The Balaban J connectivity index is 2.71. The van der Waals surface area contributed by atoms with Crippen LogP contribution in [0.25, 0.3) is 0 Å². The topological polar surface area (TPSA) is 27.0 Å². The highest BCUT2D eigenvalue weighted by Gasteiger charge is 2.12. The van der Waals surface area contributed by atoms with Gasteiger partial charge >= 0.3 is 0 Å². The number of hydrogen-bond acceptors (Lipinski definition) is 2. The smallest absolute Gasteiger partial charge is 0.129 e. The van der Waals surface area contributed by atoms with Crippen LogP contribution in [0.3, 0.4) is 0 Å². The lowest BCUT2D eigenvalue weighted by Gasteiger charge is -2.26. The highest BCUT2D eigenvalue weighted by molar-refractivity contribution is 5.32. The maximum atomic E-state index is 13.9. The van der Waals surface area contributed by atoms with E-state index in [0.717, 1.165) is 13.0 Å². The van der Waals surface area contributed by atoms with E-state index in [1.165, 1.54) is 18.9 Å². The molecule has 0 aliphatic carbocycles. The van der Waals surface area contributed by atoms with E-state index in [2.05, 4.69) is 25.7 Å². The van der Waals surface area contributed by atoms with E-state index < -0.39 is 0 Å². The van der Waals surface area contributed by atoms with Gasteiger partial charge in [0.15, 0.2) is 0 Å². The predicted molar refractivity (Wildman–Crippen MR) is 76.2 cm³/mol. The molecule has 3 heteroatoms. The summed E-state index contributed by atoms with van der Waals surface area (Å²) in [5.74, 6) is -0.278. The molecular formula is C16H23FN2. The molecule has 19 heavy (non-hydrogen) atoms. The molecule has 104 valence electrons. The van der Waals surface area contributed by atoms with Gasteiger partial charge in [-0.3, -0.25) is 4.90 Å². The van der Waals surface area contributed by atoms with Gasteiger partial charge in [-0.05, 0) is 38.9 Å². The zero-order valence-corrected chi connectivity index (χ0v) is 12.1. The van der Waals surface area contributed by atoms with Gasteiger partial charge in [0.25, 0.3) is 0 Å². The number of benzene rings is 1. The molecule has 2 nitrogen and oxygen atoms in total. The lowest BCUT2D eigenvalue weighted by molar-refractivity contribution is 0.206. The summed E-state index contributed by atoms with van der Waals surface area (Å²) in [7, 11) is 0. The average Bonchev–Trinajstić information content (AvgIpc) is 2.39. The Hall–Kier alpha value is -1.40. The molecule has 0 aliphatic heterocycles. The van der Waals surface area contributed by atoms with Crippen LogP contribution in [0, 0.1) is 17.1 Å². The van der Waals surface area contributed by atoms with Crippen molar-refractivity contribution in [1.82, 2.24) is 4.90 Å². The molecule has 0 bridgehead atoms. The summed E-state index contributed by atoms with van der Waals surface area (Å²) in [5.41, 5.74) is 1.05. The molecule has 1 aromatic carbocycles. The molecule has 0 fully saturated rings. The lowest BCUT2D eigenvalue weighted by Crippen LogP contribution is -2.31. The average molecular weight is 262 g/mol. The van der Waals surface area contributed by atoms with Crippen LogP contribution >= 0.6 is 0 Å². The van der Waals surface area contributed by atoms with Gasteiger partial charge < -0.3 is 0 Å². The van der Waals surface area contributed by atoms with Gasteiger partial charge in [-0.15, -0.1) is 0 Å². The number of nitrogens with zero attached hydrogens (tertiary/aromatic N) is 2. The monoisotopic (exact) mass is 262 g/mol. The van der Waals surface area contributed by atoms with Crippen LogP contribution < -0.4 is 0 Å². The van der Waals surface area contributed by atoms with Gasteiger partial charge in [-0.2, -0.15) is 5.26 Å². The number of nitriles is 1. The van der Waals surface area contributed by atoms with Crippen molar-refractivity contribution in [2.75, 3.05) is 6.54 Å². The van der Waals surface area contributed by atoms with E-state index in [1.54, 1.807) is 12.1 Å². The summed E-state index contributed by atoms with van der Waals surface area (Å²) in [6.45, 7) is 8.05. The van der Waals surface area contributed by atoms with Crippen molar-refractivity contribution in [2.24, 2.45) is 0 Å². The Morgan fingerprint density at radius 2 is 2.05 bits per heavy atom. The van der Waals surface area contributed by atoms with Crippen molar-refractivity contribution in [3.8, 4) is 6.07 Å². The zero-order chi connectivity index (χ0) is 14.3. The summed E-state index contributed by atoms with van der Waals surface area (Å²) >= 11 is 0. The second-order valence-electron chi connectivity index (χ2n) is 5.19. The molecule has 0 saturated heterocycles. The first-order valence-corrected chi connectivity index (χ1v) is 7.01. The Morgan fingerprint density at radius 1 is 1.32 bits per heavy atom. The Labute approximate surface area is 115 Å². The van der Waals surface area contributed by atoms with Crippen LogP contribution in [0.5, 0.6) is 0 Å². The standard InChI is InChI=1S/C16H23FN2/c1-4-5-6-9-19(13(2)3)12-15-8-7-14(11-18)10-16(15)17/h7-8,10,13H,4-6,9,12H2,1-3H3. The van der Waals surface area contributed by atoms with Gasteiger partial charge in [-0.25, -0.2) is 4.39 Å². The largest absolute Gasteiger partial charge is 0.297 e. The molecule has 0 amide bonds.